The normalized spacial score (nSPS) is 20.2. The number of nitrogens with zero attached hydrogens (tertiary/aromatic N) is 8. The monoisotopic (exact) mass is 1480 g/mol. The Labute approximate surface area is 617 Å². The van der Waals surface area contributed by atoms with Crippen LogP contribution in [0.3, 0.4) is 0 Å². The number of carboxylic acids is 1. The number of aryl methyl sites for hydroxylation is 1. The van der Waals surface area contributed by atoms with Crippen LogP contribution in [-0.4, -0.2) is 182 Å². The molecule has 30 heteroatoms. The van der Waals surface area contributed by atoms with E-state index in [0.717, 1.165) is 89.9 Å². The van der Waals surface area contributed by atoms with Crippen molar-refractivity contribution in [2.75, 3.05) is 74.5 Å². The third kappa shape index (κ3) is 19.2. The summed E-state index contributed by atoms with van der Waals surface area (Å²) in [6.45, 7) is 26.1. The first-order chi connectivity index (χ1) is 49.9. The number of phosphoric ester groups is 1. The fourth-order valence-electron chi connectivity index (χ4n) is 14.4. The zero-order chi connectivity index (χ0) is 75.1. The highest BCUT2D eigenvalue weighted by atomic mass is 32.1. The fourth-order valence-corrected chi connectivity index (χ4v) is 17.2. The molecule has 3 aromatic heterocycles. The quantitative estimate of drug-likeness (QED) is 0.0130. The molecule has 6 aromatic rings. The Morgan fingerprint density at radius 1 is 0.876 bits per heavy atom. The van der Waals surface area contributed by atoms with Crippen LogP contribution in [0.2, 0.25) is 0 Å². The smallest absolute Gasteiger partial charge is 0.476 e. The minimum atomic E-state index is -4.26. The van der Waals surface area contributed by atoms with E-state index in [9.17, 15) is 33.6 Å². The molecule has 5 aliphatic rings. The van der Waals surface area contributed by atoms with E-state index in [-0.39, 0.29) is 75.2 Å². The van der Waals surface area contributed by atoms with Crippen molar-refractivity contribution >= 4 is 72.0 Å². The molecule has 0 radical (unpaired) electrons. The standard InChI is InChI=1S/C75H101N14O14PS/c1-45(2)64(69(92)89-41-54(101-104(97,102-73(6,7)8)103-74(9,10)11)38-59(89)68(91)80-46(3)50-21-23-51(24-22-50)65-48(5)78-44-105-65)62-40-63(85-100-62)98-37-36-86-32-27-53(28-33-86)87-34-35-88-58-39-57(83-84-66(58)79-47(4)60(88)42-87)55-16-12-13-18-61(55)99-43-49-19-25-52(26-20-49)81-67(90)56(17-14-31-77-72(76)96)82-70(93)75(71(94)95)29-15-30-75/h12-13,16,18-26,39-40,44-47,53-54,56,59-60,64H,14-15,17,27-38,41-43H2,1-11H3,(H,79,84)(H,80,91)(H,81,90)(H,82,93)(H,94,95)(H3,76,77,96)/t46-,47-,54+,56-,59-,60-,64+/m0/s1. The van der Waals surface area contributed by atoms with Gasteiger partial charge < -0.3 is 61.2 Å². The lowest BCUT2D eigenvalue weighted by atomic mass is 9.68. The highest BCUT2D eigenvalue weighted by molar-refractivity contribution is 7.48. The highest BCUT2D eigenvalue weighted by Crippen LogP contribution is 2.57. The number of para-hydroxylation sites is 1. The van der Waals surface area contributed by atoms with E-state index < -0.39 is 84.3 Å². The molecule has 7 heterocycles. The average Bonchev–Trinajstić information content (AvgIpc) is 1.76. The molecule has 566 valence electrons. The van der Waals surface area contributed by atoms with Gasteiger partial charge in [-0.15, -0.1) is 21.5 Å². The third-order valence-electron chi connectivity index (χ3n) is 20.0. The Kier molecular flexibility index (Phi) is 24.4. The lowest BCUT2D eigenvalue weighted by Crippen LogP contribution is -2.63. The first kappa shape index (κ1) is 77.5. The summed E-state index contributed by atoms with van der Waals surface area (Å²) in [6, 6.07) is 24.0. The van der Waals surface area contributed by atoms with Crippen LogP contribution in [0.1, 0.15) is 155 Å². The molecule has 8 N–H and O–H groups in total. The van der Waals surface area contributed by atoms with Gasteiger partial charge in [0.25, 0.3) is 5.88 Å². The van der Waals surface area contributed by atoms with Crippen molar-refractivity contribution < 1.29 is 66.0 Å². The molecule has 4 fully saturated rings. The number of primary amides is 1. The van der Waals surface area contributed by atoms with Crippen molar-refractivity contribution in [3.05, 3.63) is 113 Å². The summed E-state index contributed by atoms with van der Waals surface area (Å²) in [6.07, 6.45) is 2.54. The Morgan fingerprint density at radius 2 is 1.59 bits per heavy atom. The number of anilines is 3. The molecular formula is C75H101N14O14PS. The highest BCUT2D eigenvalue weighted by Gasteiger charge is 2.53. The summed E-state index contributed by atoms with van der Waals surface area (Å²) in [5, 5.41) is 38.3. The van der Waals surface area contributed by atoms with Gasteiger partial charge in [-0.3, -0.25) is 47.3 Å². The van der Waals surface area contributed by atoms with Crippen molar-refractivity contribution in [1.82, 2.24) is 51.0 Å². The predicted octanol–water partition coefficient (Wildman–Crippen LogP) is 10.5. The fraction of sp³-hybridized carbons (Fsp3) is 0.547. The number of phosphoric acid groups is 1. The molecule has 6 amide bonds. The van der Waals surface area contributed by atoms with Gasteiger partial charge in [0.1, 0.15) is 42.4 Å². The van der Waals surface area contributed by atoms with Crippen LogP contribution in [0, 0.1) is 18.3 Å². The summed E-state index contributed by atoms with van der Waals surface area (Å²) in [5.74, 6) is -2.49. The number of aliphatic carboxylic acids is 1. The van der Waals surface area contributed by atoms with E-state index in [0.29, 0.717) is 54.9 Å². The number of amides is 6. The number of piperazine rings is 1. The average molecular weight is 1490 g/mol. The molecule has 11 rings (SSSR count). The molecule has 105 heavy (non-hydrogen) atoms. The number of likely N-dealkylation sites (tertiary alicyclic amines) is 2. The number of aromatic nitrogens is 4. The number of nitrogens with one attached hydrogen (secondary N) is 5. The summed E-state index contributed by atoms with van der Waals surface area (Å²) in [4.78, 5) is 94.3. The lowest BCUT2D eigenvalue weighted by molar-refractivity contribution is -0.162. The van der Waals surface area contributed by atoms with Gasteiger partial charge in [0.05, 0.1) is 56.9 Å². The summed E-state index contributed by atoms with van der Waals surface area (Å²) in [5.41, 5.74) is 10.2. The number of carboxylic acid groups (broad SMARTS) is 1. The Morgan fingerprint density at radius 3 is 2.24 bits per heavy atom. The van der Waals surface area contributed by atoms with Gasteiger partial charge in [-0.25, -0.2) is 14.3 Å². The molecule has 3 saturated heterocycles. The van der Waals surface area contributed by atoms with E-state index in [1.807, 2.05) is 93.9 Å². The second-order valence-corrected chi connectivity index (χ2v) is 32.8. The van der Waals surface area contributed by atoms with Gasteiger partial charge >= 0.3 is 19.8 Å². The van der Waals surface area contributed by atoms with E-state index in [4.69, 9.17) is 38.4 Å². The number of fused-ring (bicyclic) bond motifs is 3. The van der Waals surface area contributed by atoms with Gasteiger partial charge in [0.15, 0.2) is 11.6 Å². The van der Waals surface area contributed by atoms with Gasteiger partial charge in [-0.2, -0.15) is 0 Å². The van der Waals surface area contributed by atoms with Crippen molar-refractivity contribution in [3.8, 4) is 33.3 Å². The molecule has 4 aliphatic heterocycles. The second-order valence-electron chi connectivity index (χ2n) is 30.5. The minimum absolute atomic E-state index is 0.0266. The molecule has 0 bridgehead atoms. The van der Waals surface area contributed by atoms with Crippen LogP contribution < -0.4 is 46.7 Å². The van der Waals surface area contributed by atoms with E-state index in [1.165, 1.54) is 4.90 Å². The molecule has 0 spiro atoms. The third-order valence-corrected chi connectivity index (χ3v) is 23.1. The van der Waals surface area contributed by atoms with Crippen molar-refractivity contribution in [1.29, 1.82) is 0 Å². The number of carbonyl (C=O) groups is 6. The molecule has 1 saturated carbocycles. The Bertz CT molecular complexity index is 4070. The first-order valence-electron chi connectivity index (χ1n) is 36.4. The molecule has 0 unspecified atom stereocenters. The lowest BCUT2D eigenvalue weighted by Gasteiger charge is -2.51. The van der Waals surface area contributed by atoms with Crippen LogP contribution >= 0.6 is 19.2 Å². The number of ether oxygens (including phenoxy) is 2. The zero-order valence-electron chi connectivity index (χ0n) is 61.8. The van der Waals surface area contributed by atoms with Gasteiger partial charge in [0, 0.05) is 75.1 Å². The van der Waals surface area contributed by atoms with Crippen molar-refractivity contribution in [2.45, 2.75) is 194 Å². The van der Waals surface area contributed by atoms with Gasteiger partial charge in [-0.1, -0.05) is 68.8 Å². The number of nitrogens with two attached hydrogens (primary N) is 1. The maximum atomic E-state index is 15.1. The second kappa shape index (κ2) is 33.1. The number of piperidine rings is 1. The molecule has 1 aliphatic carbocycles. The SMILES string of the molecule is Cc1ncsc1-c1ccc([C@H](C)NC(=O)[C@@H]2C[C@@H](OP(=O)(OC(C)(C)C)OC(C)(C)C)CN2C(=O)[C@@H](c2cc(OCCN3CCC(N4CCN5c6cc(-c7ccccc7OCc7ccc(NC(=O)[C@H](CCCNC(N)=O)NC(=O)C8(C(=O)O)CCC8)cc7)nnc6N[C@@H](C)[C@@H]5C4)CC3)no2)C(C)C)cc1. The van der Waals surface area contributed by atoms with Crippen molar-refractivity contribution in [3.63, 3.8) is 0 Å². The van der Waals surface area contributed by atoms with Gasteiger partial charge in [-0.05, 0) is 172 Å². The largest absolute Gasteiger partial charge is 0.488 e. The van der Waals surface area contributed by atoms with Crippen LogP contribution in [0.15, 0.2) is 95.0 Å². The Hall–Kier alpha value is -8.57. The zero-order valence-corrected chi connectivity index (χ0v) is 63.6. The molecular weight excluding hydrogens is 1380 g/mol. The van der Waals surface area contributed by atoms with Crippen LogP contribution in [0.25, 0.3) is 21.7 Å². The minimum Gasteiger partial charge on any atom is -0.488 e. The summed E-state index contributed by atoms with van der Waals surface area (Å²) in [7, 11) is -4.26. The van der Waals surface area contributed by atoms with Crippen LogP contribution in [-0.2, 0) is 48.7 Å². The molecule has 7 atom stereocenters. The van der Waals surface area contributed by atoms with Gasteiger partial charge in [0.2, 0.25) is 23.6 Å². The first-order valence-corrected chi connectivity index (χ1v) is 38.7. The molecule has 3 aromatic carbocycles. The molecule has 28 nitrogen and oxygen atoms in total. The number of rotatable bonds is 29. The number of hydrogen-bond acceptors (Lipinski definition) is 22. The number of thiazole rings is 1. The van der Waals surface area contributed by atoms with E-state index in [2.05, 4.69) is 69.5 Å². The number of benzene rings is 3. The Balaban J connectivity index is 0.666. The van der Waals surface area contributed by atoms with E-state index in [1.54, 1.807) is 71.1 Å². The predicted molar refractivity (Wildman–Crippen MR) is 397 cm³/mol. The maximum absolute atomic E-state index is 15.1. The topological polar surface area (TPSA) is 350 Å². The van der Waals surface area contributed by atoms with Crippen molar-refractivity contribution in [2.24, 2.45) is 17.1 Å². The summed E-state index contributed by atoms with van der Waals surface area (Å²) >= 11 is 1.57. The van der Waals surface area contributed by atoms with E-state index >= 15 is 4.79 Å². The summed E-state index contributed by atoms with van der Waals surface area (Å²) < 4.78 is 51.3. The maximum Gasteiger partial charge on any atom is 0.476 e. The van der Waals surface area contributed by atoms with Crippen LogP contribution in [0.5, 0.6) is 11.6 Å². The van der Waals surface area contributed by atoms with Crippen LogP contribution in [0.4, 0.5) is 22.0 Å². The number of hydrogen-bond donors (Lipinski definition) is 7. The number of carbonyl (C=O) groups excluding carboxylic acids is 5. The number of urea groups is 1.